The second-order valence-corrected chi connectivity index (χ2v) is 6.36. The smallest absolute Gasteiger partial charge is 0.146 e. The molecule has 0 saturated heterocycles. The third-order valence-electron chi connectivity index (χ3n) is 3.29. The third kappa shape index (κ3) is 3.96. The Hall–Kier alpha value is -1.10. The van der Waals surface area contributed by atoms with Crippen LogP contribution in [0.4, 0.5) is 4.39 Å². The highest BCUT2D eigenvalue weighted by molar-refractivity contribution is 9.10. The number of nitrogens with one attached hydrogen (secondary N) is 1. The van der Waals surface area contributed by atoms with Crippen LogP contribution in [0.1, 0.15) is 18.4 Å². The van der Waals surface area contributed by atoms with Gasteiger partial charge in [-0.05, 0) is 64.7 Å². The van der Waals surface area contributed by atoms with Crippen molar-refractivity contribution >= 4 is 27.5 Å². The summed E-state index contributed by atoms with van der Waals surface area (Å²) in [6.45, 7) is 0.812. The van der Waals surface area contributed by atoms with Gasteiger partial charge in [-0.1, -0.05) is 17.7 Å². The molecular formula is C16H14BrClFNO. The number of hydrogen-bond donors (Lipinski definition) is 1. The van der Waals surface area contributed by atoms with E-state index in [0.29, 0.717) is 27.0 Å². The van der Waals surface area contributed by atoms with Gasteiger partial charge in [0.15, 0.2) is 0 Å². The maximum atomic E-state index is 13.2. The molecule has 1 aliphatic rings. The van der Waals surface area contributed by atoms with Gasteiger partial charge in [0, 0.05) is 12.6 Å². The average molecular weight is 371 g/mol. The van der Waals surface area contributed by atoms with E-state index < -0.39 is 0 Å². The highest BCUT2D eigenvalue weighted by Crippen LogP contribution is 2.32. The van der Waals surface area contributed by atoms with E-state index in [1.807, 2.05) is 18.2 Å². The SMILES string of the molecule is Fc1ccc(Oc2ccc(CNC3CC3)cc2Cl)cc1Br. The van der Waals surface area contributed by atoms with Crippen molar-refractivity contribution in [1.29, 1.82) is 0 Å². The summed E-state index contributed by atoms with van der Waals surface area (Å²) < 4.78 is 19.2. The number of halogens is 3. The van der Waals surface area contributed by atoms with Gasteiger partial charge in [-0.2, -0.15) is 0 Å². The molecule has 2 aromatic rings. The zero-order valence-electron chi connectivity index (χ0n) is 11.2. The monoisotopic (exact) mass is 369 g/mol. The van der Waals surface area contributed by atoms with Crippen molar-refractivity contribution in [1.82, 2.24) is 5.32 Å². The lowest BCUT2D eigenvalue weighted by Gasteiger charge is -2.10. The van der Waals surface area contributed by atoms with Crippen molar-refractivity contribution in [2.24, 2.45) is 0 Å². The standard InChI is InChI=1S/C16H14BrClFNO/c17-13-8-12(4-5-15(13)19)21-16-6-1-10(7-14(16)18)9-20-11-2-3-11/h1,4-8,11,20H,2-3,9H2. The molecule has 0 aliphatic heterocycles. The van der Waals surface area contributed by atoms with E-state index in [4.69, 9.17) is 16.3 Å². The van der Waals surface area contributed by atoms with Gasteiger partial charge in [-0.15, -0.1) is 0 Å². The lowest BCUT2D eigenvalue weighted by Crippen LogP contribution is -2.15. The van der Waals surface area contributed by atoms with Crippen molar-refractivity contribution in [2.45, 2.75) is 25.4 Å². The Morgan fingerprint density at radius 2 is 2.05 bits per heavy atom. The fourth-order valence-corrected chi connectivity index (χ4v) is 2.55. The number of hydrogen-bond acceptors (Lipinski definition) is 2. The molecule has 21 heavy (non-hydrogen) atoms. The zero-order valence-corrected chi connectivity index (χ0v) is 13.5. The fraction of sp³-hybridized carbons (Fsp3) is 0.250. The summed E-state index contributed by atoms with van der Waals surface area (Å²) >= 11 is 9.38. The first kappa shape index (κ1) is 14.8. The quantitative estimate of drug-likeness (QED) is 0.772. The Labute approximate surface area is 136 Å². The van der Waals surface area contributed by atoms with Crippen LogP contribution < -0.4 is 10.1 Å². The van der Waals surface area contributed by atoms with Gasteiger partial charge >= 0.3 is 0 Å². The van der Waals surface area contributed by atoms with Crippen LogP contribution in [-0.4, -0.2) is 6.04 Å². The molecule has 1 fully saturated rings. The van der Waals surface area contributed by atoms with Crippen LogP contribution >= 0.6 is 27.5 Å². The van der Waals surface area contributed by atoms with Crippen molar-refractivity contribution in [3.63, 3.8) is 0 Å². The average Bonchev–Trinajstić information content (AvgIpc) is 3.27. The minimum absolute atomic E-state index is 0.324. The van der Waals surface area contributed by atoms with Gasteiger partial charge in [0.25, 0.3) is 0 Å². The maximum Gasteiger partial charge on any atom is 0.146 e. The van der Waals surface area contributed by atoms with Crippen molar-refractivity contribution in [2.75, 3.05) is 0 Å². The minimum atomic E-state index is -0.324. The van der Waals surface area contributed by atoms with Crippen LogP contribution in [-0.2, 0) is 6.54 Å². The first-order chi connectivity index (χ1) is 10.1. The second kappa shape index (κ2) is 6.34. The molecule has 0 heterocycles. The van der Waals surface area contributed by atoms with E-state index in [9.17, 15) is 4.39 Å². The predicted octanol–water partition coefficient (Wildman–Crippen LogP) is 5.29. The van der Waals surface area contributed by atoms with Gasteiger partial charge in [0.1, 0.15) is 17.3 Å². The lowest BCUT2D eigenvalue weighted by atomic mass is 10.2. The highest BCUT2D eigenvalue weighted by atomic mass is 79.9. The topological polar surface area (TPSA) is 21.3 Å². The Morgan fingerprint density at radius 3 is 2.71 bits per heavy atom. The second-order valence-electron chi connectivity index (χ2n) is 5.10. The Balaban J connectivity index is 1.70. The van der Waals surface area contributed by atoms with Crippen LogP contribution in [0.2, 0.25) is 5.02 Å². The lowest BCUT2D eigenvalue weighted by molar-refractivity contribution is 0.479. The van der Waals surface area contributed by atoms with E-state index in [-0.39, 0.29) is 5.82 Å². The Morgan fingerprint density at radius 1 is 1.24 bits per heavy atom. The predicted molar refractivity (Wildman–Crippen MR) is 85.5 cm³/mol. The van der Waals surface area contributed by atoms with E-state index in [0.717, 1.165) is 12.1 Å². The van der Waals surface area contributed by atoms with E-state index >= 15 is 0 Å². The molecule has 0 unspecified atom stereocenters. The molecule has 3 rings (SSSR count). The fourth-order valence-electron chi connectivity index (χ4n) is 1.95. The Kier molecular flexibility index (Phi) is 4.48. The summed E-state index contributed by atoms with van der Waals surface area (Å²) in [6.07, 6.45) is 2.52. The summed E-state index contributed by atoms with van der Waals surface area (Å²) in [4.78, 5) is 0. The summed E-state index contributed by atoms with van der Waals surface area (Å²) in [5.41, 5.74) is 1.12. The Bertz CT molecular complexity index is 661. The number of benzene rings is 2. The number of ether oxygens (including phenoxy) is 1. The van der Waals surface area contributed by atoms with Crippen LogP contribution in [0.3, 0.4) is 0 Å². The summed E-state index contributed by atoms with van der Waals surface area (Å²) in [7, 11) is 0. The normalized spacial score (nSPS) is 14.2. The molecule has 0 radical (unpaired) electrons. The molecule has 2 aromatic carbocycles. The highest BCUT2D eigenvalue weighted by Gasteiger charge is 2.20. The largest absolute Gasteiger partial charge is 0.456 e. The third-order valence-corrected chi connectivity index (χ3v) is 4.19. The number of rotatable bonds is 5. The molecule has 0 atom stereocenters. The van der Waals surface area contributed by atoms with Gasteiger partial charge in [-0.3, -0.25) is 0 Å². The van der Waals surface area contributed by atoms with Crippen molar-refractivity contribution in [3.8, 4) is 11.5 Å². The molecular weight excluding hydrogens is 357 g/mol. The maximum absolute atomic E-state index is 13.2. The van der Waals surface area contributed by atoms with Crippen molar-refractivity contribution < 1.29 is 9.13 Å². The van der Waals surface area contributed by atoms with Crippen LogP contribution in [0.5, 0.6) is 11.5 Å². The van der Waals surface area contributed by atoms with Gasteiger partial charge in [0.2, 0.25) is 0 Å². The zero-order chi connectivity index (χ0) is 14.8. The van der Waals surface area contributed by atoms with E-state index in [1.54, 1.807) is 12.1 Å². The molecule has 0 bridgehead atoms. The van der Waals surface area contributed by atoms with E-state index in [1.165, 1.54) is 18.9 Å². The summed E-state index contributed by atoms with van der Waals surface area (Å²) in [5.74, 6) is 0.773. The molecule has 1 aliphatic carbocycles. The molecule has 1 N–H and O–H groups in total. The first-order valence-electron chi connectivity index (χ1n) is 6.76. The summed E-state index contributed by atoms with van der Waals surface area (Å²) in [6, 6.07) is 10.9. The van der Waals surface area contributed by atoms with Gasteiger partial charge in [-0.25, -0.2) is 4.39 Å². The van der Waals surface area contributed by atoms with Crippen LogP contribution in [0.15, 0.2) is 40.9 Å². The van der Waals surface area contributed by atoms with Crippen molar-refractivity contribution in [3.05, 3.63) is 57.3 Å². The van der Waals surface area contributed by atoms with Gasteiger partial charge < -0.3 is 10.1 Å². The van der Waals surface area contributed by atoms with E-state index in [2.05, 4.69) is 21.2 Å². The molecule has 1 saturated carbocycles. The molecule has 0 spiro atoms. The minimum Gasteiger partial charge on any atom is -0.456 e. The molecule has 0 aromatic heterocycles. The van der Waals surface area contributed by atoms with Gasteiger partial charge in [0.05, 0.1) is 9.50 Å². The molecule has 110 valence electrons. The van der Waals surface area contributed by atoms with Crippen LogP contribution in [0, 0.1) is 5.82 Å². The molecule has 0 amide bonds. The summed E-state index contributed by atoms with van der Waals surface area (Å²) in [5, 5.41) is 3.98. The first-order valence-corrected chi connectivity index (χ1v) is 7.93. The molecule has 5 heteroatoms. The van der Waals surface area contributed by atoms with Crippen LogP contribution in [0.25, 0.3) is 0 Å². The molecule has 2 nitrogen and oxygen atoms in total.